The van der Waals surface area contributed by atoms with Gasteiger partial charge in [0.25, 0.3) is 5.91 Å². The lowest BCUT2D eigenvalue weighted by Gasteiger charge is -2.25. The van der Waals surface area contributed by atoms with Crippen LogP contribution in [0.1, 0.15) is 33.6 Å². The molecule has 1 aromatic heterocycles. The van der Waals surface area contributed by atoms with Crippen LogP contribution >= 0.6 is 11.3 Å². The summed E-state index contributed by atoms with van der Waals surface area (Å²) in [6.07, 6.45) is 1.88. The van der Waals surface area contributed by atoms with Gasteiger partial charge in [-0.1, -0.05) is 30.3 Å². The van der Waals surface area contributed by atoms with E-state index in [4.69, 9.17) is 14.2 Å². The minimum absolute atomic E-state index is 0.142. The molecule has 12 heteroatoms. The highest BCUT2D eigenvalue weighted by Crippen LogP contribution is 2.29. The lowest BCUT2D eigenvalue weighted by atomic mass is 9.94. The van der Waals surface area contributed by atoms with E-state index in [1.165, 1.54) is 31.8 Å². The third-order valence-corrected chi connectivity index (χ3v) is 6.97. The van der Waals surface area contributed by atoms with Crippen molar-refractivity contribution >= 4 is 34.8 Å². The van der Waals surface area contributed by atoms with Crippen molar-refractivity contribution in [1.82, 2.24) is 20.9 Å². The van der Waals surface area contributed by atoms with E-state index < -0.39 is 41.4 Å². The molecule has 3 N–H and O–H groups in total. The molecule has 38 heavy (non-hydrogen) atoms. The molecule has 1 unspecified atom stereocenters. The van der Waals surface area contributed by atoms with Crippen molar-refractivity contribution in [3.8, 4) is 0 Å². The van der Waals surface area contributed by atoms with E-state index >= 15 is 0 Å². The first kappa shape index (κ1) is 29.4. The molecular formula is C26H34N4O7S. The Bertz CT molecular complexity index is 1120. The van der Waals surface area contributed by atoms with Gasteiger partial charge in [0.15, 0.2) is 5.78 Å². The van der Waals surface area contributed by atoms with Gasteiger partial charge in [-0.25, -0.2) is 4.98 Å². The van der Waals surface area contributed by atoms with Crippen molar-refractivity contribution in [3.63, 3.8) is 0 Å². The zero-order chi connectivity index (χ0) is 27.7. The van der Waals surface area contributed by atoms with Crippen molar-refractivity contribution in [2.75, 3.05) is 34.0 Å². The Labute approximate surface area is 225 Å². The molecule has 0 saturated carbocycles. The van der Waals surface area contributed by atoms with E-state index in [1.54, 1.807) is 13.8 Å². The fourth-order valence-corrected chi connectivity index (χ4v) is 4.45. The quantitative estimate of drug-likeness (QED) is 0.278. The zero-order valence-corrected chi connectivity index (χ0v) is 22.8. The Morgan fingerprint density at radius 2 is 1.68 bits per heavy atom. The molecule has 1 aliphatic rings. The summed E-state index contributed by atoms with van der Waals surface area (Å²) in [5, 5.41) is 8.82. The number of aryl methyl sites for hydroxylation is 1. The molecule has 2 aromatic rings. The van der Waals surface area contributed by atoms with Gasteiger partial charge >= 0.3 is 0 Å². The average Bonchev–Trinajstić information content (AvgIpc) is 3.51. The molecule has 1 fully saturated rings. The van der Waals surface area contributed by atoms with Crippen LogP contribution in [0.2, 0.25) is 0 Å². The Morgan fingerprint density at radius 1 is 1.03 bits per heavy atom. The van der Waals surface area contributed by atoms with Crippen LogP contribution in [0.15, 0.2) is 36.5 Å². The molecule has 0 spiro atoms. The standard InChI is InChI=1S/C26H34N4O7S/c1-16-27-13-21(38-16)25(34)28-18(10-11-35-3)23(32)30-20(14-36-4)24(33)29-19(22(31)26(2)15-37-26)12-17-8-6-5-7-9-17/h5-9,13,18-20H,10-12,14-15H2,1-4H3,(H,28,34)(H,29,33)(H,30,32)/t18-,19-,20-,26?/m0/s1. The summed E-state index contributed by atoms with van der Waals surface area (Å²) < 4.78 is 15.6. The number of hydrogen-bond donors (Lipinski definition) is 3. The maximum atomic E-state index is 13.3. The average molecular weight is 547 g/mol. The number of benzene rings is 1. The highest BCUT2D eigenvalue weighted by atomic mass is 32.1. The Balaban J connectivity index is 1.71. The SMILES string of the molecule is COCC[C@H](NC(=O)c1cnc(C)s1)C(=O)N[C@@H](COC)C(=O)N[C@@H](Cc1ccccc1)C(=O)C1(C)CO1. The van der Waals surface area contributed by atoms with Gasteiger partial charge in [-0.15, -0.1) is 11.3 Å². The summed E-state index contributed by atoms with van der Waals surface area (Å²) in [5.74, 6) is -1.88. The molecule has 11 nitrogen and oxygen atoms in total. The first-order valence-electron chi connectivity index (χ1n) is 12.2. The molecule has 0 bridgehead atoms. The van der Waals surface area contributed by atoms with Crippen LogP contribution in [0.4, 0.5) is 0 Å². The highest BCUT2D eigenvalue weighted by Gasteiger charge is 2.50. The zero-order valence-electron chi connectivity index (χ0n) is 21.9. The Morgan fingerprint density at radius 3 is 2.26 bits per heavy atom. The second kappa shape index (κ2) is 13.6. The van der Waals surface area contributed by atoms with Crippen LogP contribution in [0, 0.1) is 6.92 Å². The number of thiazole rings is 1. The van der Waals surface area contributed by atoms with Crippen molar-refractivity contribution in [2.45, 2.75) is 50.4 Å². The minimum atomic E-state index is -1.11. The fourth-order valence-electron chi connectivity index (χ4n) is 3.77. The molecule has 4 atom stereocenters. The van der Waals surface area contributed by atoms with Crippen LogP contribution in [0.25, 0.3) is 0 Å². The summed E-state index contributed by atoms with van der Waals surface area (Å²) in [6, 6.07) is 6.34. The molecule has 3 rings (SSSR count). The van der Waals surface area contributed by atoms with Crippen LogP contribution in [-0.2, 0) is 35.0 Å². The smallest absolute Gasteiger partial charge is 0.263 e. The van der Waals surface area contributed by atoms with E-state index in [9.17, 15) is 19.2 Å². The summed E-state index contributed by atoms with van der Waals surface area (Å²) in [6.45, 7) is 3.80. The predicted molar refractivity (Wildman–Crippen MR) is 140 cm³/mol. The molecule has 3 amide bonds. The van der Waals surface area contributed by atoms with Crippen molar-refractivity contribution in [1.29, 1.82) is 0 Å². The first-order valence-corrected chi connectivity index (χ1v) is 13.0. The molecule has 1 aromatic carbocycles. The summed E-state index contributed by atoms with van der Waals surface area (Å²) in [7, 11) is 2.88. The van der Waals surface area contributed by atoms with Crippen molar-refractivity contribution in [3.05, 3.63) is 52.0 Å². The van der Waals surface area contributed by atoms with Crippen molar-refractivity contribution < 1.29 is 33.4 Å². The third-order valence-electron chi connectivity index (χ3n) is 6.06. The predicted octanol–water partition coefficient (Wildman–Crippen LogP) is 0.803. The van der Waals surface area contributed by atoms with E-state index in [-0.39, 0.29) is 38.4 Å². The highest BCUT2D eigenvalue weighted by molar-refractivity contribution is 7.13. The van der Waals surface area contributed by atoms with Crippen LogP contribution in [-0.4, -0.2) is 86.3 Å². The number of nitrogens with one attached hydrogen (secondary N) is 3. The lowest BCUT2D eigenvalue weighted by molar-refractivity contribution is -0.134. The van der Waals surface area contributed by atoms with E-state index in [1.807, 2.05) is 30.3 Å². The second-order valence-electron chi connectivity index (χ2n) is 9.20. The Kier molecular flexibility index (Phi) is 10.5. The molecule has 1 aliphatic heterocycles. The van der Waals surface area contributed by atoms with Gasteiger partial charge < -0.3 is 30.2 Å². The molecule has 0 radical (unpaired) electrons. The number of carbonyl (C=O) groups is 4. The number of carbonyl (C=O) groups excluding carboxylic acids is 4. The van der Waals surface area contributed by atoms with Gasteiger partial charge in [-0.05, 0) is 32.3 Å². The molecular weight excluding hydrogens is 512 g/mol. The number of hydrogen-bond acceptors (Lipinski definition) is 9. The van der Waals surface area contributed by atoms with E-state index in [0.717, 1.165) is 10.6 Å². The summed E-state index contributed by atoms with van der Waals surface area (Å²) in [4.78, 5) is 56.7. The molecule has 1 saturated heterocycles. The van der Waals surface area contributed by atoms with E-state index in [0.29, 0.717) is 4.88 Å². The van der Waals surface area contributed by atoms with Crippen LogP contribution in [0.3, 0.4) is 0 Å². The normalized spacial score (nSPS) is 18.6. The molecule has 206 valence electrons. The van der Waals surface area contributed by atoms with Gasteiger partial charge in [0.2, 0.25) is 11.8 Å². The number of rotatable bonds is 15. The van der Waals surface area contributed by atoms with Gasteiger partial charge in [0.05, 0.1) is 30.5 Å². The summed E-state index contributed by atoms with van der Waals surface area (Å²) >= 11 is 1.21. The lowest BCUT2D eigenvalue weighted by Crippen LogP contribution is -2.58. The number of amides is 3. The van der Waals surface area contributed by atoms with Gasteiger partial charge in [-0.2, -0.15) is 0 Å². The van der Waals surface area contributed by atoms with Crippen LogP contribution < -0.4 is 16.0 Å². The molecule has 0 aliphatic carbocycles. The maximum Gasteiger partial charge on any atom is 0.263 e. The number of ether oxygens (including phenoxy) is 3. The van der Waals surface area contributed by atoms with E-state index in [2.05, 4.69) is 20.9 Å². The molecule has 2 heterocycles. The van der Waals surface area contributed by atoms with Gasteiger partial charge in [0, 0.05) is 20.8 Å². The largest absolute Gasteiger partial charge is 0.385 e. The number of epoxide rings is 1. The number of methoxy groups -OCH3 is 2. The number of nitrogens with zero attached hydrogens (tertiary/aromatic N) is 1. The third kappa shape index (κ3) is 8.15. The first-order chi connectivity index (χ1) is 18.2. The Hall–Kier alpha value is -3.19. The van der Waals surface area contributed by atoms with Crippen molar-refractivity contribution in [2.24, 2.45) is 0 Å². The monoisotopic (exact) mass is 546 g/mol. The topological polar surface area (TPSA) is 148 Å². The minimum Gasteiger partial charge on any atom is -0.385 e. The van der Waals surface area contributed by atoms with Gasteiger partial charge in [-0.3, -0.25) is 19.2 Å². The van der Waals surface area contributed by atoms with Crippen LogP contribution in [0.5, 0.6) is 0 Å². The fraction of sp³-hybridized carbons (Fsp3) is 0.500. The summed E-state index contributed by atoms with van der Waals surface area (Å²) in [5.41, 5.74) is -0.0829. The van der Waals surface area contributed by atoms with Gasteiger partial charge in [0.1, 0.15) is 22.6 Å². The number of aromatic nitrogens is 1. The second-order valence-corrected chi connectivity index (χ2v) is 10.4. The number of ketones is 1. The maximum absolute atomic E-state index is 13.3. The number of Topliss-reactive ketones (excluding diaryl/α,β-unsaturated/α-hetero) is 1.